The summed E-state index contributed by atoms with van der Waals surface area (Å²) in [6.07, 6.45) is 0. The van der Waals surface area contributed by atoms with E-state index in [1.807, 2.05) is 52.8 Å². The molecule has 0 amide bonds. The lowest BCUT2D eigenvalue weighted by Crippen LogP contribution is -2.40. The third-order valence-electron chi connectivity index (χ3n) is 2.62. The Morgan fingerprint density at radius 3 is 2.47 bits per heavy atom. The van der Waals surface area contributed by atoms with Gasteiger partial charge in [-0.25, -0.2) is 0 Å². The van der Waals surface area contributed by atoms with Crippen molar-refractivity contribution in [2.24, 2.45) is 0 Å². The highest BCUT2D eigenvalue weighted by atomic mass is 35.5. The van der Waals surface area contributed by atoms with Crippen LogP contribution in [0.15, 0.2) is 18.2 Å². The summed E-state index contributed by atoms with van der Waals surface area (Å²) in [5.41, 5.74) is 2.13. The largest absolute Gasteiger partial charge is 0.598 e. The molecule has 2 nitrogen and oxygen atoms in total. The van der Waals surface area contributed by atoms with Crippen molar-refractivity contribution in [3.05, 3.63) is 34.3 Å². The molecule has 0 bridgehead atoms. The molecule has 0 radical (unpaired) electrons. The van der Waals surface area contributed by atoms with Gasteiger partial charge in [-0.05, 0) is 51.8 Å². The van der Waals surface area contributed by atoms with Gasteiger partial charge in [0, 0.05) is 16.4 Å². The first kappa shape index (κ1) is 14.8. The van der Waals surface area contributed by atoms with Gasteiger partial charge in [-0.2, -0.15) is 0 Å². The maximum Gasteiger partial charge on any atom is 0.136 e. The van der Waals surface area contributed by atoms with Gasteiger partial charge in [-0.15, -0.1) is 4.72 Å². The summed E-state index contributed by atoms with van der Waals surface area (Å²) in [5, 5.41) is 0.748. The standard InChI is InChI=1S/C13H20ClNOS/c1-9-11(7-6-8-12(9)14)10(2)15-17(16)13(3,4)5/h6-8,10,15H,1-5H3/t10?,17-/m1/s1. The number of nitrogens with one attached hydrogen (secondary N) is 1. The second-order valence-corrected chi connectivity index (χ2v) is 7.58. The number of hydrogen-bond acceptors (Lipinski definition) is 2. The zero-order valence-corrected chi connectivity index (χ0v) is 12.6. The smallest absolute Gasteiger partial charge is 0.136 e. The first-order valence-electron chi connectivity index (χ1n) is 5.66. The molecule has 1 rings (SSSR count). The minimum atomic E-state index is -1.08. The molecule has 0 spiro atoms. The van der Waals surface area contributed by atoms with E-state index in [0.717, 1.165) is 16.1 Å². The Morgan fingerprint density at radius 2 is 1.94 bits per heavy atom. The average Bonchev–Trinajstić information content (AvgIpc) is 2.20. The second kappa shape index (κ2) is 5.61. The third-order valence-corrected chi connectivity index (χ3v) is 4.71. The van der Waals surface area contributed by atoms with Gasteiger partial charge in [-0.3, -0.25) is 0 Å². The monoisotopic (exact) mass is 273 g/mol. The van der Waals surface area contributed by atoms with Crippen LogP contribution in [0.2, 0.25) is 5.02 Å². The molecule has 1 aromatic carbocycles. The Morgan fingerprint density at radius 1 is 1.35 bits per heavy atom. The van der Waals surface area contributed by atoms with Crippen molar-refractivity contribution in [1.82, 2.24) is 4.72 Å². The van der Waals surface area contributed by atoms with Crippen molar-refractivity contribution >= 4 is 23.0 Å². The zero-order valence-electron chi connectivity index (χ0n) is 11.0. The summed E-state index contributed by atoms with van der Waals surface area (Å²) in [6, 6.07) is 5.82. The van der Waals surface area contributed by atoms with E-state index in [-0.39, 0.29) is 10.8 Å². The van der Waals surface area contributed by atoms with Gasteiger partial charge in [0.05, 0.1) is 6.04 Å². The lowest BCUT2D eigenvalue weighted by Gasteiger charge is -2.27. The molecule has 0 aliphatic rings. The van der Waals surface area contributed by atoms with Crippen LogP contribution in [0, 0.1) is 6.92 Å². The van der Waals surface area contributed by atoms with E-state index in [2.05, 4.69) is 4.72 Å². The van der Waals surface area contributed by atoms with Crippen LogP contribution in [0.1, 0.15) is 44.9 Å². The Kier molecular flexibility index (Phi) is 4.90. The van der Waals surface area contributed by atoms with Crippen LogP contribution in [0.4, 0.5) is 0 Å². The van der Waals surface area contributed by atoms with Gasteiger partial charge in [0.1, 0.15) is 4.75 Å². The van der Waals surface area contributed by atoms with E-state index >= 15 is 0 Å². The normalized spacial score (nSPS) is 15.7. The maximum absolute atomic E-state index is 12.0. The predicted octanol–water partition coefficient (Wildman–Crippen LogP) is 3.76. The van der Waals surface area contributed by atoms with Gasteiger partial charge in [0.2, 0.25) is 0 Å². The van der Waals surface area contributed by atoms with Crippen molar-refractivity contribution in [2.75, 3.05) is 0 Å². The summed E-state index contributed by atoms with van der Waals surface area (Å²) < 4.78 is 14.9. The average molecular weight is 274 g/mol. The summed E-state index contributed by atoms with van der Waals surface area (Å²) in [7, 11) is 0. The van der Waals surface area contributed by atoms with Crippen molar-refractivity contribution in [3.8, 4) is 0 Å². The van der Waals surface area contributed by atoms with Crippen LogP contribution < -0.4 is 4.72 Å². The van der Waals surface area contributed by atoms with Gasteiger partial charge in [-0.1, -0.05) is 23.7 Å². The van der Waals surface area contributed by atoms with Crippen molar-refractivity contribution in [2.45, 2.75) is 45.4 Å². The molecule has 17 heavy (non-hydrogen) atoms. The summed E-state index contributed by atoms with van der Waals surface area (Å²) in [5.74, 6) is 0. The molecular weight excluding hydrogens is 254 g/mol. The first-order chi connectivity index (χ1) is 7.73. The molecule has 0 saturated carbocycles. The Labute approximate surface area is 112 Å². The molecule has 4 heteroatoms. The summed E-state index contributed by atoms with van der Waals surface area (Å²) in [6.45, 7) is 9.84. The molecule has 2 atom stereocenters. The summed E-state index contributed by atoms with van der Waals surface area (Å²) >= 11 is 5.00. The van der Waals surface area contributed by atoms with E-state index in [1.54, 1.807) is 0 Å². The Balaban J connectivity index is 2.84. The molecule has 96 valence electrons. The topological polar surface area (TPSA) is 35.1 Å². The predicted molar refractivity (Wildman–Crippen MR) is 75.6 cm³/mol. The van der Waals surface area contributed by atoms with Crippen molar-refractivity contribution < 1.29 is 4.55 Å². The van der Waals surface area contributed by atoms with Crippen molar-refractivity contribution in [1.29, 1.82) is 0 Å². The maximum atomic E-state index is 12.0. The molecule has 1 unspecified atom stereocenters. The van der Waals surface area contributed by atoms with E-state index in [4.69, 9.17) is 11.6 Å². The molecule has 0 aromatic heterocycles. The lowest BCUT2D eigenvalue weighted by molar-refractivity contribution is 0.531. The van der Waals surface area contributed by atoms with Gasteiger partial charge in [0.15, 0.2) is 0 Å². The van der Waals surface area contributed by atoms with Crippen LogP contribution in [0.5, 0.6) is 0 Å². The highest BCUT2D eigenvalue weighted by Gasteiger charge is 2.28. The van der Waals surface area contributed by atoms with Crippen LogP contribution in [-0.4, -0.2) is 9.30 Å². The first-order valence-corrected chi connectivity index (χ1v) is 7.19. The number of rotatable bonds is 3. The minimum Gasteiger partial charge on any atom is -0.598 e. The molecule has 1 N–H and O–H groups in total. The fraction of sp³-hybridized carbons (Fsp3) is 0.538. The van der Waals surface area contributed by atoms with Gasteiger partial charge < -0.3 is 4.55 Å². The van der Waals surface area contributed by atoms with E-state index in [9.17, 15) is 4.55 Å². The van der Waals surface area contributed by atoms with Crippen LogP contribution in [-0.2, 0) is 11.4 Å². The number of benzene rings is 1. The molecular formula is C13H20ClNOS. The third kappa shape index (κ3) is 3.88. The molecule has 0 aliphatic heterocycles. The second-order valence-electron chi connectivity index (χ2n) is 5.17. The van der Waals surface area contributed by atoms with E-state index in [0.29, 0.717) is 0 Å². The Hall–Kier alpha value is -0.220. The lowest BCUT2D eigenvalue weighted by atomic mass is 10.0. The fourth-order valence-corrected chi connectivity index (χ4v) is 2.48. The Bertz CT molecular complexity index is 389. The minimum absolute atomic E-state index is 0.0220. The quantitative estimate of drug-likeness (QED) is 0.851. The highest BCUT2D eigenvalue weighted by Crippen LogP contribution is 2.26. The zero-order chi connectivity index (χ0) is 13.2. The molecule has 0 heterocycles. The highest BCUT2D eigenvalue weighted by molar-refractivity contribution is 7.90. The van der Waals surface area contributed by atoms with E-state index in [1.165, 1.54) is 0 Å². The van der Waals surface area contributed by atoms with Crippen LogP contribution in [0.25, 0.3) is 0 Å². The molecule has 0 saturated heterocycles. The van der Waals surface area contributed by atoms with Crippen molar-refractivity contribution in [3.63, 3.8) is 0 Å². The number of halogens is 1. The number of hydrogen-bond donors (Lipinski definition) is 1. The van der Waals surface area contributed by atoms with Gasteiger partial charge >= 0.3 is 0 Å². The van der Waals surface area contributed by atoms with Gasteiger partial charge in [0.25, 0.3) is 0 Å². The van der Waals surface area contributed by atoms with Crippen LogP contribution in [0.3, 0.4) is 0 Å². The molecule has 1 aromatic rings. The van der Waals surface area contributed by atoms with E-state index < -0.39 is 11.4 Å². The molecule has 0 aliphatic carbocycles. The SMILES string of the molecule is Cc1c(Cl)cccc1C(C)N[S@+]([O-])C(C)(C)C. The summed E-state index contributed by atoms with van der Waals surface area (Å²) in [4.78, 5) is 0. The fourth-order valence-electron chi connectivity index (χ4n) is 1.49. The van der Waals surface area contributed by atoms with Crippen LogP contribution >= 0.6 is 11.6 Å². The molecule has 0 fully saturated rings.